The molecule has 1 fully saturated rings. The number of aryl methyl sites for hydroxylation is 1. The van der Waals surface area contributed by atoms with Crippen molar-refractivity contribution in [3.05, 3.63) is 11.4 Å². The molecule has 0 bridgehead atoms. The highest BCUT2D eigenvalue weighted by Crippen LogP contribution is 2.34. The molecule has 0 atom stereocenters. The van der Waals surface area contributed by atoms with Crippen LogP contribution in [0.3, 0.4) is 0 Å². The van der Waals surface area contributed by atoms with Crippen molar-refractivity contribution in [2.75, 3.05) is 23.3 Å². The zero-order valence-electron chi connectivity index (χ0n) is 12.0. The Balaban J connectivity index is 2.34. The monoisotopic (exact) mass is 248 g/mol. The van der Waals surface area contributed by atoms with Crippen molar-refractivity contribution in [1.29, 1.82) is 0 Å². The fraction of sp³-hybridized carbons (Fsp3) is 0.714. The second-order valence-corrected chi connectivity index (χ2v) is 5.02. The van der Waals surface area contributed by atoms with E-state index in [1.165, 1.54) is 18.4 Å². The van der Waals surface area contributed by atoms with Gasteiger partial charge >= 0.3 is 0 Å². The minimum absolute atomic E-state index is 0.701. The molecule has 0 amide bonds. The van der Waals surface area contributed by atoms with Crippen molar-refractivity contribution in [2.24, 2.45) is 0 Å². The Bertz CT molecular complexity index is 413. The highest BCUT2D eigenvalue weighted by Gasteiger charge is 2.31. The number of hydrogen-bond donors (Lipinski definition) is 1. The molecule has 0 saturated heterocycles. The Morgan fingerprint density at radius 2 is 1.94 bits per heavy atom. The fourth-order valence-corrected chi connectivity index (χ4v) is 2.32. The van der Waals surface area contributed by atoms with Crippen LogP contribution in [0.1, 0.15) is 44.5 Å². The topological polar surface area (TPSA) is 41.1 Å². The van der Waals surface area contributed by atoms with Gasteiger partial charge in [0.25, 0.3) is 0 Å². The maximum atomic E-state index is 4.67. The average Bonchev–Trinajstić information content (AvgIpc) is 3.15. The van der Waals surface area contributed by atoms with Gasteiger partial charge in [-0.25, -0.2) is 9.97 Å². The highest BCUT2D eigenvalue weighted by atomic mass is 15.2. The van der Waals surface area contributed by atoms with E-state index in [-0.39, 0.29) is 0 Å². The fourth-order valence-electron chi connectivity index (χ4n) is 2.32. The Morgan fingerprint density at radius 3 is 2.50 bits per heavy atom. The van der Waals surface area contributed by atoms with E-state index in [1.54, 1.807) is 0 Å². The van der Waals surface area contributed by atoms with Crippen LogP contribution in [0, 0.1) is 13.8 Å². The number of nitrogens with one attached hydrogen (secondary N) is 1. The van der Waals surface area contributed by atoms with Gasteiger partial charge in [-0.15, -0.1) is 0 Å². The lowest BCUT2D eigenvalue weighted by Crippen LogP contribution is -2.29. The Morgan fingerprint density at radius 1 is 1.22 bits per heavy atom. The third-order valence-corrected chi connectivity index (χ3v) is 3.30. The van der Waals surface area contributed by atoms with Crippen molar-refractivity contribution in [2.45, 2.75) is 53.0 Å². The number of anilines is 2. The minimum atomic E-state index is 0.701. The van der Waals surface area contributed by atoms with Crippen molar-refractivity contribution in [3.8, 4) is 0 Å². The zero-order chi connectivity index (χ0) is 13.1. The zero-order valence-corrected chi connectivity index (χ0v) is 12.0. The Hall–Kier alpha value is -1.32. The van der Waals surface area contributed by atoms with Gasteiger partial charge in [-0.05, 0) is 40.0 Å². The van der Waals surface area contributed by atoms with Gasteiger partial charge in [0.15, 0.2) is 0 Å². The lowest BCUT2D eigenvalue weighted by atomic mass is 10.2. The van der Waals surface area contributed by atoms with Gasteiger partial charge in [-0.2, -0.15) is 0 Å². The molecule has 0 radical (unpaired) electrons. The molecule has 18 heavy (non-hydrogen) atoms. The maximum absolute atomic E-state index is 4.67. The number of rotatable bonds is 6. The van der Waals surface area contributed by atoms with Gasteiger partial charge in [0, 0.05) is 24.7 Å². The molecule has 4 heteroatoms. The smallest absolute Gasteiger partial charge is 0.137 e. The summed E-state index contributed by atoms with van der Waals surface area (Å²) in [5.74, 6) is 2.97. The molecule has 100 valence electrons. The molecule has 0 aliphatic heterocycles. The van der Waals surface area contributed by atoms with Gasteiger partial charge in [-0.1, -0.05) is 6.92 Å². The van der Waals surface area contributed by atoms with Crippen molar-refractivity contribution in [3.63, 3.8) is 0 Å². The SMILES string of the molecule is CCCN(c1nc(C)nc(NCC)c1C)C1CC1. The maximum Gasteiger partial charge on any atom is 0.137 e. The first-order valence-electron chi connectivity index (χ1n) is 7.03. The van der Waals surface area contributed by atoms with Crippen LogP contribution in [0.4, 0.5) is 11.6 Å². The molecule has 4 nitrogen and oxygen atoms in total. The van der Waals surface area contributed by atoms with Crippen LogP contribution in [0.2, 0.25) is 0 Å². The van der Waals surface area contributed by atoms with Gasteiger partial charge in [-0.3, -0.25) is 0 Å². The average molecular weight is 248 g/mol. The summed E-state index contributed by atoms with van der Waals surface area (Å²) in [6.45, 7) is 10.4. The summed E-state index contributed by atoms with van der Waals surface area (Å²) in [6, 6.07) is 0.701. The van der Waals surface area contributed by atoms with E-state index < -0.39 is 0 Å². The number of nitrogens with zero attached hydrogens (tertiary/aromatic N) is 3. The first-order chi connectivity index (χ1) is 8.67. The molecular weight excluding hydrogens is 224 g/mol. The molecule has 1 heterocycles. The molecule has 1 aromatic rings. The van der Waals surface area contributed by atoms with Crippen LogP contribution in [-0.4, -0.2) is 29.1 Å². The third-order valence-electron chi connectivity index (χ3n) is 3.30. The minimum Gasteiger partial charge on any atom is -0.370 e. The normalized spacial score (nSPS) is 14.7. The van der Waals surface area contributed by atoms with E-state index in [2.05, 4.69) is 41.0 Å². The van der Waals surface area contributed by atoms with Crippen LogP contribution >= 0.6 is 0 Å². The third kappa shape index (κ3) is 2.74. The molecule has 1 aromatic heterocycles. The van der Waals surface area contributed by atoms with Gasteiger partial charge in [0.05, 0.1) is 0 Å². The van der Waals surface area contributed by atoms with Crippen molar-refractivity contribution < 1.29 is 0 Å². The van der Waals surface area contributed by atoms with Crippen LogP contribution in [0.25, 0.3) is 0 Å². The summed E-state index contributed by atoms with van der Waals surface area (Å²) < 4.78 is 0. The molecule has 2 rings (SSSR count). The Kier molecular flexibility index (Phi) is 4.04. The number of hydrogen-bond acceptors (Lipinski definition) is 4. The molecule has 0 aromatic carbocycles. The molecule has 0 unspecified atom stereocenters. The van der Waals surface area contributed by atoms with E-state index in [0.29, 0.717) is 6.04 Å². The van der Waals surface area contributed by atoms with Gasteiger partial charge in [0.2, 0.25) is 0 Å². The van der Waals surface area contributed by atoms with Gasteiger partial charge < -0.3 is 10.2 Å². The van der Waals surface area contributed by atoms with E-state index >= 15 is 0 Å². The van der Waals surface area contributed by atoms with E-state index in [1.807, 2.05) is 6.92 Å². The van der Waals surface area contributed by atoms with E-state index in [4.69, 9.17) is 0 Å². The molecule has 1 aliphatic rings. The predicted octanol–water partition coefficient (Wildman–Crippen LogP) is 2.90. The highest BCUT2D eigenvalue weighted by molar-refractivity contribution is 5.59. The van der Waals surface area contributed by atoms with Gasteiger partial charge in [0.1, 0.15) is 17.5 Å². The van der Waals surface area contributed by atoms with E-state index in [9.17, 15) is 0 Å². The molecular formula is C14H24N4. The summed E-state index contributed by atoms with van der Waals surface area (Å²) in [7, 11) is 0. The first kappa shape index (κ1) is 13.1. The molecule has 1 saturated carbocycles. The van der Waals surface area contributed by atoms with Crippen LogP contribution < -0.4 is 10.2 Å². The quantitative estimate of drug-likeness (QED) is 0.840. The summed E-state index contributed by atoms with van der Waals surface area (Å²) in [6.07, 6.45) is 3.77. The first-order valence-corrected chi connectivity index (χ1v) is 7.03. The molecule has 1 aliphatic carbocycles. The van der Waals surface area contributed by atoms with E-state index in [0.717, 1.165) is 37.0 Å². The van der Waals surface area contributed by atoms with Crippen molar-refractivity contribution >= 4 is 11.6 Å². The van der Waals surface area contributed by atoms with Crippen LogP contribution in [0.15, 0.2) is 0 Å². The van der Waals surface area contributed by atoms with Crippen LogP contribution in [0.5, 0.6) is 0 Å². The lowest BCUT2D eigenvalue weighted by molar-refractivity contribution is 0.741. The summed E-state index contributed by atoms with van der Waals surface area (Å²) in [5, 5.41) is 3.34. The summed E-state index contributed by atoms with van der Waals surface area (Å²) >= 11 is 0. The lowest BCUT2D eigenvalue weighted by Gasteiger charge is -2.25. The van der Waals surface area contributed by atoms with Crippen molar-refractivity contribution in [1.82, 2.24) is 9.97 Å². The summed E-state index contributed by atoms with van der Waals surface area (Å²) in [4.78, 5) is 11.6. The molecule has 0 spiro atoms. The largest absolute Gasteiger partial charge is 0.370 e. The summed E-state index contributed by atoms with van der Waals surface area (Å²) in [5.41, 5.74) is 1.18. The van der Waals surface area contributed by atoms with Crippen LogP contribution in [-0.2, 0) is 0 Å². The second kappa shape index (κ2) is 5.55. The predicted molar refractivity (Wildman–Crippen MR) is 76.3 cm³/mol. The second-order valence-electron chi connectivity index (χ2n) is 5.02. The Labute approximate surface area is 110 Å². The molecule has 1 N–H and O–H groups in total. The standard InChI is InChI=1S/C14H24N4/c1-5-9-18(12-7-8-12)14-10(3)13(15-6-2)16-11(4)17-14/h12H,5-9H2,1-4H3,(H,15,16,17). The number of aromatic nitrogens is 2.